The van der Waals surface area contributed by atoms with Crippen LogP contribution in [0, 0.1) is 11.8 Å². The van der Waals surface area contributed by atoms with Crippen molar-refractivity contribution in [2.45, 2.75) is 32.1 Å². The maximum atomic E-state index is 12.2. The van der Waals surface area contributed by atoms with Crippen molar-refractivity contribution in [1.29, 1.82) is 0 Å². The Labute approximate surface area is 214 Å². The summed E-state index contributed by atoms with van der Waals surface area (Å²) in [6, 6.07) is 14.7. The van der Waals surface area contributed by atoms with Gasteiger partial charge in [0.1, 0.15) is 0 Å². The number of hydrogen-bond acceptors (Lipinski definition) is 8. The highest BCUT2D eigenvalue weighted by Crippen LogP contribution is 2.42. The highest BCUT2D eigenvalue weighted by molar-refractivity contribution is 5.91. The van der Waals surface area contributed by atoms with Crippen molar-refractivity contribution in [3.63, 3.8) is 0 Å². The van der Waals surface area contributed by atoms with E-state index in [9.17, 15) is 9.59 Å². The zero-order valence-electron chi connectivity index (χ0n) is 20.1. The van der Waals surface area contributed by atoms with E-state index in [1.165, 1.54) is 0 Å². The molecular formula is C27H26N8O2. The molecular weight excluding hydrogens is 468 g/mol. The van der Waals surface area contributed by atoms with Gasteiger partial charge in [-0.3, -0.25) is 19.6 Å². The van der Waals surface area contributed by atoms with Gasteiger partial charge < -0.3 is 10.6 Å². The third kappa shape index (κ3) is 7.20. The molecule has 1 aliphatic rings. The predicted octanol–water partition coefficient (Wildman–Crippen LogP) is 2.84. The third-order valence-electron chi connectivity index (χ3n) is 6.16. The molecule has 0 saturated heterocycles. The first-order valence-corrected chi connectivity index (χ1v) is 12.1. The molecule has 5 rings (SSSR count). The number of carbonyl (C=O) groups is 2. The largest absolute Gasteiger partial charge is 0.309 e. The Balaban J connectivity index is 1.04. The van der Waals surface area contributed by atoms with Crippen LogP contribution in [-0.4, -0.2) is 42.2 Å². The molecule has 2 amide bonds. The Kier molecular flexibility index (Phi) is 7.44. The molecule has 2 N–H and O–H groups in total. The van der Waals surface area contributed by atoms with Gasteiger partial charge in [0.05, 0.1) is 24.2 Å². The van der Waals surface area contributed by atoms with Crippen molar-refractivity contribution >= 4 is 23.5 Å². The fourth-order valence-electron chi connectivity index (χ4n) is 4.17. The van der Waals surface area contributed by atoms with Crippen LogP contribution in [0.15, 0.2) is 73.3 Å². The monoisotopic (exact) mass is 494 g/mol. The maximum absolute atomic E-state index is 12.2. The number of hydrogen-bond donors (Lipinski definition) is 2. The fourth-order valence-corrected chi connectivity index (χ4v) is 4.17. The second-order valence-electron chi connectivity index (χ2n) is 9.16. The second kappa shape index (κ2) is 11.4. The number of carbonyl (C=O) groups excluding carboxylic acids is 2. The molecule has 2 unspecified atom stereocenters. The summed E-state index contributed by atoms with van der Waals surface area (Å²) in [4.78, 5) is 32.4. The molecule has 1 aliphatic carbocycles. The minimum absolute atomic E-state index is 0.155. The summed E-state index contributed by atoms with van der Waals surface area (Å²) in [5.74, 6) is 1.60. The highest BCUT2D eigenvalue weighted by atomic mass is 16.2. The van der Waals surface area contributed by atoms with Gasteiger partial charge >= 0.3 is 0 Å². The van der Waals surface area contributed by atoms with E-state index in [1.807, 2.05) is 24.3 Å². The molecule has 4 aromatic rings. The first-order valence-electron chi connectivity index (χ1n) is 12.1. The van der Waals surface area contributed by atoms with Gasteiger partial charge in [0, 0.05) is 24.8 Å². The Morgan fingerprint density at radius 2 is 1.16 bits per heavy atom. The van der Waals surface area contributed by atoms with E-state index < -0.39 is 0 Å². The number of nitrogens with one attached hydrogen (secondary N) is 2. The van der Waals surface area contributed by atoms with Crippen LogP contribution in [0.1, 0.15) is 28.9 Å². The van der Waals surface area contributed by atoms with E-state index in [4.69, 9.17) is 0 Å². The molecule has 0 spiro atoms. The summed E-state index contributed by atoms with van der Waals surface area (Å²) < 4.78 is 0. The lowest BCUT2D eigenvalue weighted by Gasteiger charge is -2.06. The number of amides is 2. The van der Waals surface area contributed by atoms with Crippen LogP contribution >= 0.6 is 0 Å². The standard InChI is InChI=1S/C27H26N8O2/c36-26(11-18-3-1-9-28-16-18)30-24-7-5-22(32-34-24)14-20-13-21(20)15-23-6-8-25(35-33-23)31-27(37)12-19-4-2-10-29-17-19/h1-10,16-17,20-21H,11-15H2,(H,30,34,36)(H,31,35,37). The van der Waals surface area contributed by atoms with Gasteiger partial charge in [0.2, 0.25) is 11.8 Å². The first kappa shape index (κ1) is 24.1. The molecule has 4 aromatic heterocycles. The van der Waals surface area contributed by atoms with Crippen LogP contribution in [-0.2, 0) is 35.3 Å². The molecule has 0 radical (unpaired) electrons. The normalized spacial score (nSPS) is 16.1. The fraction of sp³-hybridized carbons (Fsp3) is 0.259. The van der Waals surface area contributed by atoms with Crippen molar-refractivity contribution in [3.05, 3.63) is 95.8 Å². The molecule has 0 aliphatic heterocycles. The van der Waals surface area contributed by atoms with Crippen molar-refractivity contribution in [3.8, 4) is 0 Å². The molecule has 4 heterocycles. The van der Waals surface area contributed by atoms with Crippen molar-refractivity contribution in [2.24, 2.45) is 11.8 Å². The lowest BCUT2D eigenvalue weighted by molar-refractivity contribution is -0.116. The molecule has 0 aromatic carbocycles. The lowest BCUT2D eigenvalue weighted by atomic mass is 10.1. The van der Waals surface area contributed by atoms with Crippen molar-refractivity contribution in [2.75, 3.05) is 10.6 Å². The van der Waals surface area contributed by atoms with Gasteiger partial charge in [-0.25, -0.2) is 0 Å². The van der Waals surface area contributed by atoms with E-state index in [-0.39, 0.29) is 24.7 Å². The maximum Gasteiger partial charge on any atom is 0.230 e. The number of rotatable bonds is 10. The van der Waals surface area contributed by atoms with Gasteiger partial charge in [-0.05, 0) is 78.6 Å². The summed E-state index contributed by atoms with van der Waals surface area (Å²) in [5, 5.41) is 22.4. The number of nitrogens with zero attached hydrogens (tertiary/aromatic N) is 6. The predicted molar refractivity (Wildman–Crippen MR) is 136 cm³/mol. The molecule has 0 bridgehead atoms. The summed E-state index contributed by atoms with van der Waals surface area (Å²) in [6.07, 6.45) is 9.92. The van der Waals surface area contributed by atoms with Gasteiger partial charge in [0.25, 0.3) is 0 Å². The molecule has 10 heteroatoms. The zero-order valence-corrected chi connectivity index (χ0v) is 20.1. The molecule has 37 heavy (non-hydrogen) atoms. The number of anilines is 2. The van der Waals surface area contributed by atoms with Crippen LogP contribution in [0.5, 0.6) is 0 Å². The van der Waals surface area contributed by atoms with Crippen LogP contribution in [0.2, 0.25) is 0 Å². The lowest BCUT2D eigenvalue weighted by Crippen LogP contribution is -2.16. The van der Waals surface area contributed by atoms with Crippen LogP contribution < -0.4 is 10.6 Å². The van der Waals surface area contributed by atoms with Crippen LogP contribution in [0.3, 0.4) is 0 Å². The summed E-state index contributed by atoms with van der Waals surface area (Å²) in [6.45, 7) is 0. The van der Waals surface area contributed by atoms with E-state index in [0.717, 1.165) is 41.8 Å². The van der Waals surface area contributed by atoms with Crippen LogP contribution in [0.25, 0.3) is 0 Å². The van der Waals surface area contributed by atoms with E-state index >= 15 is 0 Å². The van der Waals surface area contributed by atoms with Gasteiger partial charge in [-0.15, -0.1) is 10.2 Å². The average Bonchev–Trinajstić information content (AvgIpc) is 3.64. The molecule has 2 atom stereocenters. The molecule has 186 valence electrons. The molecule has 1 fully saturated rings. The van der Waals surface area contributed by atoms with Crippen molar-refractivity contribution in [1.82, 2.24) is 30.4 Å². The quantitative estimate of drug-likeness (QED) is 0.344. The van der Waals surface area contributed by atoms with Gasteiger partial charge in [-0.2, -0.15) is 10.2 Å². The highest BCUT2D eigenvalue weighted by Gasteiger charge is 2.37. The van der Waals surface area contributed by atoms with E-state index in [2.05, 4.69) is 41.0 Å². The minimum Gasteiger partial charge on any atom is -0.309 e. The smallest absolute Gasteiger partial charge is 0.230 e. The SMILES string of the molecule is O=C(Cc1cccnc1)Nc1ccc(CC2CC2Cc2ccc(NC(=O)Cc3cccnc3)nn2)nn1. The first-order chi connectivity index (χ1) is 18.1. The number of aromatic nitrogens is 6. The second-order valence-corrected chi connectivity index (χ2v) is 9.16. The number of pyridine rings is 2. The van der Waals surface area contributed by atoms with Gasteiger partial charge in [0.15, 0.2) is 11.6 Å². The summed E-state index contributed by atoms with van der Waals surface area (Å²) >= 11 is 0. The summed E-state index contributed by atoms with van der Waals surface area (Å²) in [7, 11) is 0. The Morgan fingerprint density at radius 3 is 1.54 bits per heavy atom. The minimum atomic E-state index is -0.155. The molecule has 10 nitrogen and oxygen atoms in total. The summed E-state index contributed by atoms with van der Waals surface area (Å²) in [5.41, 5.74) is 3.48. The topological polar surface area (TPSA) is 136 Å². The Bertz CT molecular complexity index is 1230. The third-order valence-corrected chi connectivity index (χ3v) is 6.16. The van der Waals surface area contributed by atoms with Gasteiger partial charge in [-0.1, -0.05) is 12.1 Å². The van der Waals surface area contributed by atoms with E-state index in [1.54, 1.807) is 49.1 Å². The molecule has 1 saturated carbocycles. The Morgan fingerprint density at radius 1 is 0.676 bits per heavy atom. The zero-order chi connectivity index (χ0) is 25.5. The average molecular weight is 495 g/mol. The van der Waals surface area contributed by atoms with Crippen molar-refractivity contribution < 1.29 is 9.59 Å². The van der Waals surface area contributed by atoms with Crippen LogP contribution in [0.4, 0.5) is 11.6 Å². The Hall–Kier alpha value is -4.60. The van der Waals surface area contributed by atoms with E-state index in [0.29, 0.717) is 23.5 Å².